The van der Waals surface area contributed by atoms with Crippen LogP contribution in [0.3, 0.4) is 0 Å². The lowest BCUT2D eigenvalue weighted by molar-refractivity contribution is -0.143. The molecule has 0 radical (unpaired) electrons. The summed E-state index contributed by atoms with van der Waals surface area (Å²) in [4.78, 5) is 24.3. The van der Waals surface area contributed by atoms with Crippen LogP contribution in [-0.4, -0.2) is 16.1 Å². The van der Waals surface area contributed by atoms with Crippen LogP contribution in [0.1, 0.15) is 18.1 Å². The van der Waals surface area contributed by atoms with E-state index in [0.717, 1.165) is 0 Å². The largest absolute Gasteiger partial charge is 0.480 e. The minimum atomic E-state index is -1.48. The Morgan fingerprint density at radius 2 is 2.21 bits per heavy atom. The maximum atomic E-state index is 11.0. The summed E-state index contributed by atoms with van der Waals surface area (Å²) in [5, 5.41) is 8.84. The van der Waals surface area contributed by atoms with Crippen molar-refractivity contribution in [3.05, 3.63) is 33.7 Å². The third-order valence-electron chi connectivity index (χ3n) is 2.13. The number of aromatic amines is 1. The Kier molecular flexibility index (Phi) is 2.44. The molecule has 0 amide bonds. The molecule has 0 aromatic carbocycles. The fourth-order valence-electron chi connectivity index (χ4n) is 1.02. The third-order valence-corrected chi connectivity index (χ3v) is 2.13. The molecule has 4 N–H and O–H groups in total. The third kappa shape index (κ3) is 1.67. The Morgan fingerprint density at radius 1 is 1.64 bits per heavy atom. The summed E-state index contributed by atoms with van der Waals surface area (Å²) in [6, 6.07) is 1.48. The zero-order chi connectivity index (χ0) is 10.9. The molecule has 1 aromatic heterocycles. The summed E-state index contributed by atoms with van der Waals surface area (Å²) < 4.78 is 0. The number of carbonyl (C=O) groups is 1. The number of aromatic nitrogens is 1. The number of hydrogen-bond donors (Lipinski definition) is 3. The van der Waals surface area contributed by atoms with Gasteiger partial charge in [-0.3, -0.25) is 4.79 Å². The summed E-state index contributed by atoms with van der Waals surface area (Å²) in [7, 11) is 0. The molecule has 0 saturated heterocycles. The second kappa shape index (κ2) is 3.26. The zero-order valence-corrected chi connectivity index (χ0v) is 8.00. The fraction of sp³-hybridized carbons (Fsp3) is 0.333. The lowest BCUT2D eigenvalue weighted by Crippen LogP contribution is -2.42. The molecular formula is C9H12N2O3. The van der Waals surface area contributed by atoms with Crippen molar-refractivity contribution in [3.8, 4) is 0 Å². The van der Waals surface area contributed by atoms with Crippen LogP contribution in [0.2, 0.25) is 0 Å². The van der Waals surface area contributed by atoms with Gasteiger partial charge in [-0.1, -0.05) is 0 Å². The van der Waals surface area contributed by atoms with E-state index in [2.05, 4.69) is 4.98 Å². The van der Waals surface area contributed by atoms with Crippen molar-refractivity contribution in [2.45, 2.75) is 19.4 Å². The molecule has 0 aliphatic carbocycles. The highest BCUT2D eigenvalue weighted by atomic mass is 16.4. The lowest BCUT2D eigenvalue weighted by Gasteiger charge is -2.19. The summed E-state index contributed by atoms with van der Waals surface area (Å²) in [6.45, 7) is 2.97. The topological polar surface area (TPSA) is 96.2 Å². The molecule has 1 aromatic rings. The zero-order valence-electron chi connectivity index (χ0n) is 8.00. The predicted molar refractivity (Wildman–Crippen MR) is 51.0 cm³/mol. The van der Waals surface area contributed by atoms with E-state index >= 15 is 0 Å². The van der Waals surface area contributed by atoms with Gasteiger partial charge >= 0.3 is 5.97 Å². The quantitative estimate of drug-likeness (QED) is 0.617. The monoisotopic (exact) mass is 196 g/mol. The van der Waals surface area contributed by atoms with Gasteiger partial charge in [-0.05, 0) is 25.5 Å². The first-order chi connectivity index (χ1) is 6.35. The molecule has 1 heterocycles. The van der Waals surface area contributed by atoms with Gasteiger partial charge in [0.1, 0.15) is 5.54 Å². The Hall–Kier alpha value is -1.62. The van der Waals surface area contributed by atoms with Crippen molar-refractivity contribution in [2.75, 3.05) is 0 Å². The number of aryl methyl sites for hydroxylation is 1. The van der Waals surface area contributed by atoms with Gasteiger partial charge in [0.05, 0.1) is 0 Å². The highest BCUT2D eigenvalue weighted by Crippen LogP contribution is 2.16. The SMILES string of the molecule is Cc1cc(C(C)(N)C(=O)O)c[nH]c1=O. The van der Waals surface area contributed by atoms with Crippen molar-refractivity contribution in [2.24, 2.45) is 5.73 Å². The summed E-state index contributed by atoms with van der Waals surface area (Å²) in [6.07, 6.45) is 1.32. The number of aliphatic carboxylic acids is 1. The van der Waals surface area contributed by atoms with Crippen molar-refractivity contribution >= 4 is 5.97 Å². The fourth-order valence-corrected chi connectivity index (χ4v) is 1.02. The van der Waals surface area contributed by atoms with Gasteiger partial charge in [-0.2, -0.15) is 0 Å². The van der Waals surface area contributed by atoms with Crippen molar-refractivity contribution in [1.29, 1.82) is 0 Å². The van der Waals surface area contributed by atoms with Crippen LogP contribution in [0.4, 0.5) is 0 Å². The van der Waals surface area contributed by atoms with Crippen LogP contribution in [-0.2, 0) is 10.3 Å². The van der Waals surface area contributed by atoms with Gasteiger partial charge in [0.2, 0.25) is 0 Å². The van der Waals surface area contributed by atoms with E-state index in [1.807, 2.05) is 0 Å². The van der Waals surface area contributed by atoms with Gasteiger partial charge < -0.3 is 15.8 Å². The maximum Gasteiger partial charge on any atom is 0.328 e. The Bertz CT molecular complexity index is 420. The number of carboxylic acids is 1. The van der Waals surface area contributed by atoms with Gasteiger partial charge in [0.15, 0.2) is 0 Å². The number of nitrogens with two attached hydrogens (primary N) is 1. The first-order valence-electron chi connectivity index (χ1n) is 4.08. The molecule has 1 unspecified atom stereocenters. The minimum Gasteiger partial charge on any atom is -0.480 e. The molecule has 0 spiro atoms. The number of nitrogens with one attached hydrogen (secondary N) is 1. The molecule has 14 heavy (non-hydrogen) atoms. The van der Waals surface area contributed by atoms with Crippen LogP contribution in [0.5, 0.6) is 0 Å². The Balaban J connectivity index is 3.27. The second-order valence-corrected chi connectivity index (χ2v) is 3.41. The van der Waals surface area contributed by atoms with E-state index in [1.54, 1.807) is 6.92 Å². The van der Waals surface area contributed by atoms with Gasteiger partial charge in [0, 0.05) is 11.8 Å². The van der Waals surface area contributed by atoms with Crippen molar-refractivity contribution in [1.82, 2.24) is 4.98 Å². The average Bonchev–Trinajstić information content (AvgIpc) is 2.09. The smallest absolute Gasteiger partial charge is 0.328 e. The van der Waals surface area contributed by atoms with E-state index in [9.17, 15) is 9.59 Å². The first kappa shape index (κ1) is 10.5. The number of hydrogen-bond acceptors (Lipinski definition) is 3. The molecule has 0 bridgehead atoms. The van der Waals surface area contributed by atoms with Gasteiger partial charge in [-0.15, -0.1) is 0 Å². The minimum absolute atomic E-state index is 0.241. The van der Waals surface area contributed by atoms with E-state index in [-0.39, 0.29) is 5.56 Å². The number of carboxylic acid groups (broad SMARTS) is 1. The van der Waals surface area contributed by atoms with Crippen LogP contribution >= 0.6 is 0 Å². The number of rotatable bonds is 2. The lowest BCUT2D eigenvalue weighted by atomic mass is 9.94. The summed E-state index contributed by atoms with van der Waals surface area (Å²) in [5.74, 6) is -1.14. The van der Waals surface area contributed by atoms with E-state index in [1.165, 1.54) is 19.2 Å². The van der Waals surface area contributed by atoms with Crippen LogP contribution in [0.15, 0.2) is 17.1 Å². The first-order valence-corrected chi connectivity index (χ1v) is 4.08. The second-order valence-electron chi connectivity index (χ2n) is 3.41. The Labute approximate surface area is 80.6 Å². The maximum absolute atomic E-state index is 11.0. The van der Waals surface area contributed by atoms with E-state index < -0.39 is 11.5 Å². The molecule has 1 atom stereocenters. The van der Waals surface area contributed by atoms with Crippen molar-refractivity contribution in [3.63, 3.8) is 0 Å². The molecule has 0 saturated carbocycles. The number of H-pyrrole nitrogens is 1. The van der Waals surface area contributed by atoms with Crippen molar-refractivity contribution < 1.29 is 9.90 Å². The van der Waals surface area contributed by atoms with E-state index in [0.29, 0.717) is 11.1 Å². The van der Waals surface area contributed by atoms with Crippen LogP contribution in [0, 0.1) is 6.92 Å². The highest BCUT2D eigenvalue weighted by Gasteiger charge is 2.30. The van der Waals surface area contributed by atoms with Crippen LogP contribution in [0.25, 0.3) is 0 Å². The van der Waals surface area contributed by atoms with E-state index in [4.69, 9.17) is 10.8 Å². The predicted octanol–water partition coefficient (Wildman–Crippen LogP) is -0.0582. The molecule has 0 aliphatic heterocycles. The average molecular weight is 196 g/mol. The summed E-state index contributed by atoms with van der Waals surface area (Å²) in [5.41, 5.74) is 4.68. The molecule has 5 heteroatoms. The number of pyridine rings is 1. The molecule has 1 rings (SSSR count). The molecular weight excluding hydrogens is 184 g/mol. The molecule has 0 aliphatic rings. The van der Waals surface area contributed by atoms with Gasteiger partial charge in [0.25, 0.3) is 5.56 Å². The van der Waals surface area contributed by atoms with Gasteiger partial charge in [-0.25, -0.2) is 4.79 Å². The Morgan fingerprint density at radius 3 is 2.64 bits per heavy atom. The normalized spacial score (nSPS) is 14.8. The molecule has 5 nitrogen and oxygen atoms in total. The standard InChI is InChI=1S/C9H12N2O3/c1-5-3-6(4-11-7(5)12)9(2,10)8(13)14/h3-4H,10H2,1-2H3,(H,11,12)(H,13,14). The molecule has 0 fully saturated rings. The van der Waals surface area contributed by atoms with Crippen LogP contribution < -0.4 is 11.3 Å². The molecule has 76 valence electrons. The highest BCUT2D eigenvalue weighted by molar-refractivity contribution is 5.79. The summed E-state index contributed by atoms with van der Waals surface area (Å²) >= 11 is 0.